The maximum atomic E-state index is 13.3. The van der Waals surface area contributed by atoms with Crippen LogP contribution in [-0.2, 0) is 56.6 Å². The number of aryl methyl sites for hydroxylation is 6. The molecule has 0 unspecified atom stereocenters. The minimum absolute atomic E-state index is 0.0163. The predicted octanol–water partition coefficient (Wildman–Crippen LogP) is 2.14. The second kappa shape index (κ2) is 26.7. The van der Waals surface area contributed by atoms with Gasteiger partial charge in [0.1, 0.15) is 22.7 Å². The SMILES string of the molecule is CN(CCCNC(=O)OC(C)(C)C)CCCNC(=O)c1cc(NC(=O)c2nc(NC(=O)CCNC(=O)c3cc(NC(=O)c4nc(NC(=O)CCNC(=O)c5cc(NC(=O)c6nccn6C)cn5C)cn4C)cn3C)cn2C)cn1C. The number of anilines is 5. The fourth-order valence-electron chi connectivity index (χ4n) is 7.97. The quantitative estimate of drug-likeness (QED) is 0.0371. The number of nitrogens with zero attached hydrogens (tertiary/aromatic N) is 10. The van der Waals surface area contributed by atoms with Crippen molar-refractivity contribution in [2.75, 3.05) is 72.9 Å². The van der Waals surface area contributed by atoms with Crippen molar-refractivity contribution >= 4 is 82.0 Å². The summed E-state index contributed by atoms with van der Waals surface area (Å²) in [5.74, 6) is -3.63. The Morgan fingerprint density at radius 3 is 1.26 bits per heavy atom. The van der Waals surface area contributed by atoms with E-state index in [4.69, 9.17) is 4.74 Å². The highest BCUT2D eigenvalue weighted by Gasteiger charge is 2.22. The number of carbonyl (C=O) groups is 9. The normalized spacial score (nSPS) is 11.2. The lowest BCUT2D eigenvalue weighted by Gasteiger charge is -2.20. The molecule has 0 saturated heterocycles. The van der Waals surface area contributed by atoms with Crippen molar-refractivity contribution < 1.29 is 47.9 Å². The van der Waals surface area contributed by atoms with Crippen molar-refractivity contribution in [3.8, 4) is 0 Å². The second-order valence-electron chi connectivity index (χ2n) is 19.8. The number of alkyl carbamates (subject to hydrolysis) is 1. The van der Waals surface area contributed by atoms with Crippen LogP contribution in [0, 0.1) is 0 Å². The molecular formula is C51H69N19O10. The highest BCUT2D eigenvalue weighted by Crippen LogP contribution is 2.19. The first-order valence-corrected chi connectivity index (χ1v) is 25.4. The molecule has 0 aliphatic heterocycles. The summed E-state index contributed by atoms with van der Waals surface area (Å²) < 4.78 is 14.2. The average molecular weight is 1110 g/mol. The smallest absolute Gasteiger partial charge is 0.407 e. The van der Waals surface area contributed by atoms with Crippen molar-refractivity contribution in [3.63, 3.8) is 0 Å². The van der Waals surface area contributed by atoms with E-state index in [0.29, 0.717) is 36.6 Å². The van der Waals surface area contributed by atoms with Gasteiger partial charge in [-0.1, -0.05) is 0 Å². The summed E-state index contributed by atoms with van der Waals surface area (Å²) in [7, 11) is 11.7. The van der Waals surface area contributed by atoms with Crippen molar-refractivity contribution in [1.82, 2.24) is 68.5 Å². The van der Waals surface area contributed by atoms with Gasteiger partial charge in [-0.05, 0) is 71.9 Å². The first-order valence-electron chi connectivity index (χ1n) is 25.4. The molecular weight excluding hydrogens is 1040 g/mol. The third-order valence-corrected chi connectivity index (χ3v) is 11.9. The van der Waals surface area contributed by atoms with Gasteiger partial charge in [-0.25, -0.2) is 19.7 Å². The molecule has 0 aliphatic carbocycles. The van der Waals surface area contributed by atoms with E-state index in [1.165, 1.54) is 55.2 Å². The Hall–Kier alpha value is -9.54. The molecule has 0 spiro atoms. The van der Waals surface area contributed by atoms with Gasteiger partial charge >= 0.3 is 6.09 Å². The topological polar surface area (TPSA) is 343 Å². The van der Waals surface area contributed by atoms with Gasteiger partial charge in [0.2, 0.25) is 23.5 Å². The van der Waals surface area contributed by atoms with E-state index >= 15 is 0 Å². The molecule has 29 heteroatoms. The molecule has 0 aromatic carbocycles. The monoisotopic (exact) mass is 1110 g/mol. The molecule has 0 fully saturated rings. The summed E-state index contributed by atoms with van der Waals surface area (Å²) in [5, 5.41) is 24.3. The number of hydrogen-bond donors (Lipinski definition) is 9. The molecule has 6 aromatic heterocycles. The fraction of sp³-hybridized carbons (Fsp3) is 0.412. The lowest BCUT2D eigenvalue weighted by Crippen LogP contribution is -2.34. The van der Waals surface area contributed by atoms with E-state index < -0.39 is 53.0 Å². The van der Waals surface area contributed by atoms with Gasteiger partial charge in [0, 0.05) is 125 Å². The highest BCUT2D eigenvalue weighted by molar-refractivity contribution is 6.05. The molecule has 9 N–H and O–H groups in total. The maximum Gasteiger partial charge on any atom is 0.407 e. The van der Waals surface area contributed by atoms with Crippen LogP contribution in [0.25, 0.3) is 0 Å². The third-order valence-electron chi connectivity index (χ3n) is 11.9. The Balaban J connectivity index is 0.875. The van der Waals surface area contributed by atoms with Crippen LogP contribution >= 0.6 is 0 Å². The lowest BCUT2D eigenvalue weighted by molar-refractivity contribution is -0.116. The van der Waals surface area contributed by atoms with Crippen LogP contribution in [0.2, 0.25) is 0 Å². The van der Waals surface area contributed by atoms with E-state index in [2.05, 4.69) is 67.7 Å². The fourth-order valence-corrected chi connectivity index (χ4v) is 7.97. The number of amides is 9. The van der Waals surface area contributed by atoms with Gasteiger partial charge in [0.25, 0.3) is 35.4 Å². The summed E-state index contributed by atoms with van der Waals surface area (Å²) >= 11 is 0. The van der Waals surface area contributed by atoms with Gasteiger partial charge in [-0.15, -0.1) is 0 Å². The van der Waals surface area contributed by atoms with E-state index in [-0.39, 0.29) is 78.0 Å². The van der Waals surface area contributed by atoms with Crippen LogP contribution in [0.4, 0.5) is 33.5 Å². The average Bonchev–Trinajstić information content (AvgIpc) is 4.25. The molecule has 428 valence electrons. The van der Waals surface area contributed by atoms with Gasteiger partial charge in [0.15, 0.2) is 17.5 Å². The Bertz CT molecular complexity index is 3250. The summed E-state index contributed by atoms with van der Waals surface area (Å²) in [6.45, 7) is 7.71. The minimum atomic E-state index is -0.635. The number of rotatable bonds is 25. The summed E-state index contributed by atoms with van der Waals surface area (Å²) in [5.41, 5.74) is 1.20. The first kappa shape index (κ1) is 59.7. The summed E-state index contributed by atoms with van der Waals surface area (Å²) in [4.78, 5) is 130. The highest BCUT2D eigenvalue weighted by atomic mass is 16.6. The van der Waals surface area contributed by atoms with Crippen LogP contribution < -0.4 is 47.9 Å². The van der Waals surface area contributed by atoms with Crippen LogP contribution in [0.1, 0.15) is 110 Å². The standard InChI is InChI=1S/C51H69N19O10/c1-51(2,3)80-50(79)56-16-12-21-64(4)20-11-15-53-44(73)34-24-32(27-66(34)6)58-48(77)42-62-37(29-69(42)9)60-40(72)14-18-55-46(75)36-25-33(28-68(36)8)59-49(78)43-63-38(30-70(43)10)61-39(71)13-17-54-45(74)35-23-31(26-67(35)7)57-47(76)41-52-19-22-65(41)5/h19,22-30H,11-18,20-21H2,1-10H3,(H,53,73)(H,54,74)(H,55,75)(H,56,79)(H,57,76)(H,58,77)(H,59,78)(H,60,72)(H,61,71). The van der Waals surface area contributed by atoms with E-state index in [1.807, 2.05) is 7.05 Å². The zero-order valence-electron chi connectivity index (χ0n) is 46.4. The number of nitrogens with one attached hydrogen (secondary N) is 9. The van der Waals surface area contributed by atoms with Gasteiger partial charge in [0.05, 0.1) is 17.1 Å². The molecule has 6 rings (SSSR count). The summed E-state index contributed by atoms with van der Waals surface area (Å²) in [6, 6.07) is 4.48. The van der Waals surface area contributed by atoms with Crippen molar-refractivity contribution in [1.29, 1.82) is 0 Å². The summed E-state index contributed by atoms with van der Waals surface area (Å²) in [6.07, 6.45) is 11.4. The van der Waals surface area contributed by atoms with Crippen LogP contribution in [0.15, 0.2) is 61.6 Å². The van der Waals surface area contributed by atoms with E-state index in [1.54, 1.807) is 96.8 Å². The van der Waals surface area contributed by atoms with Gasteiger partial charge in [-0.2, -0.15) is 0 Å². The number of ether oxygens (including phenoxy) is 1. The van der Waals surface area contributed by atoms with E-state index in [0.717, 1.165) is 19.5 Å². The van der Waals surface area contributed by atoms with Crippen molar-refractivity contribution in [2.45, 2.75) is 52.1 Å². The van der Waals surface area contributed by atoms with Gasteiger partial charge in [-0.3, -0.25) is 38.4 Å². The number of aromatic nitrogens is 9. The molecule has 0 aliphatic rings. The Labute approximate surface area is 460 Å². The molecule has 0 bridgehead atoms. The molecule has 80 heavy (non-hydrogen) atoms. The molecule has 0 radical (unpaired) electrons. The number of hydrogen-bond acceptors (Lipinski definition) is 14. The first-order chi connectivity index (χ1) is 37.8. The maximum absolute atomic E-state index is 13.3. The Morgan fingerprint density at radius 2 is 0.875 bits per heavy atom. The molecule has 29 nitrogen and oxygen atoms in total. The Morgan fingerprint density at radius 1 is 0.487 bits per heavy atom. The number of carbonyl (C=O) groups excluding carboxylic acids is 9. The Kier molecular flexibility index (Phi) is 19.9. The van der Waals surface area contributed by atoms with Crippen LogP contribution in [-0.4, -0.2) is 153 Å². The zero-order valence-corrected chi connectivity index (χ0v) is 46.4. The minimum Gasteiger partial charge on any atom is -0.444 e. The van der Waals surface area contributed by atoms with Crippen molar-refractivity contribution in [3.05, 3.63) is 96.1 Å². The molecule has 9 amide bonds. The van der Waals surface area contributed by atoms with Crippen molar-refractivity contribution in [2.24, 2.45) is 42.3 Å². The number of imidazole rings is 3. The molecule has 0 atom stereocenters. The van der Waals surface area contributed by atoms with Crippen LogP contribution in [0.5, 0.6) is 0 Å². The molecule has 6 aromatic rings. The lowest BCUT2D eigenvalue weighted by atomic mass is 10.2. The largest absolute Gasteiger partial charge is 0.444 e. The van der Waals surface area contributed by atoms with Crippen LogP contribution in [0.3, 0.4) is 0 Å². The third kappa shape index (κ3) is 17.0. The van der Waals surface area contributed by atoms with E-state index in [9.17, 15) is 43.2 Å². The molecule has 6 heterocycles. The van der Waals surface area contributed by atoms with Gasteiger partial charge < -0.3 is 84.9 Å². The second-order valence-corrected chi connectivity index (χ2v) is 19.8. The predicted molar refractivity (Wildman–Crippen MR) is 294 cm³/mol. The molecule has 0 saturated carbocycles. The zero-order chi connectivity index (χ0) is 58.4.